The standard InChI is InChI=1S/C13H20FN3O2S/c1-10-9-17(6-5-16(10)2)20(18,19)13-7-12(14)4-3-11(13)8-15/h3-4,7,10H,5-6,8-9,15H2,1-2H3. The van der Waals surface area contributed by atoms with Crippen molar-refractivity contribution in [1.82, 2.24) is 9.21 Å². The van der Waals surface area contributed by atoms with Gasteiger partial charge in [-0.15, -0.1) is 0 Å². The van der Waals surface area contributed by atoms with Crippen LogP contribution < -0.4 is 5.73 Å². The molecule has 0 amide bonds. The molecular formula is C13H20FN3O2S. The minimum Gasteiger partial charge on any atom is -0.326 e. The van der Waals surface area contributed by atoms with Crippen molar-refractivity contribution in [2.24, 2.45) is 5.73 Å². The highest BCUT2D eigenvalue weighted by molar-refractivity contribution is 7.89. The van der Waals surface area contributed by atoms with Crippen LogP contribution in [0.3, 0.4) is 0 Å². The van der Waals surface area contributed by atoms with Gasteiger partial charge < -0.3 is 10.6 Å². The first kappa shape index (κ1) is 15.4. The zero-order valence-electron chi connectivity index (χ0n) is 11.7. The molecule has 1 saturated heterocycles. The molecule has 1 heterocycles. The number of hydrogen-bond donors (Lipinski definition) is 1. The highest BCUT2D eigenvalue weighted by Crippen LogP contribution is 2.23. The topological polar surface area (TPSA) is 66.6 Å². The molecule has 0 aromatic heterocycles. The number of rotatable bonds is 3. The Morgan fingerprint density at radius 3 is 2.70 bits per heavy atom. The smallest absolute Gasteiger partial charge is 0.243 e. The van der Waals surface area contributed by atoms with Gasteiger partial charge in [0.25, 0.3) is 0 Å². The SMILES string of the molecule is CC1CN(S(=O)(=O)c2cc(F)ccc2CN)CCN1C. The lowest BCUT2D eigenvalue weighted by Gasteiger charge is -2.37. The second kappa shape index (κ2) is 5.77. The zero-order valence-corrected chi connectivity index (χ0v) is 12.5. The fourth-order valence-corrected chi connectivity index (χ4v) is 4.07. The zero-order chi connectivity index (χ0) is 14.9. The maximum Gasteiger partial charge on any atom is 0.243 e. The first-order valence-corrected chi connectivity index (χ1v) is 7.99. The maximum absolute atomic E-state index is 13.4. The van der Waals surface area contributed by atoms with E-state index in [1.807, 2.05) is 14.0 Å². The number of nitrogens with zero attached hydrogens (tertiary/aromatic N) is 2. The fourth-order valence-electron chi connectivity index (χ4n) is 2.31. The Hall–Kier alpha value is -1.02. The van der Waals surface area contributed by atoms with Crippen molar-refractivity contribution in [3.05, 3.63) is 29.6 Å². The van der Waals surface area contributed by atoms with Gasteiger partial charge in [0, 0.05) is 32.2 Å². The summed E-state index contributed by atoms with van der Waals surface area (Å²) in [6.45, 7) is 3.51. The average molecular weight is 301 g/mol. The molecular weight excluding hydrogens is 281 g/mol. The summed E-state index contributed by atoms with van der Waals surface area (Å²) in [6, 6.07) is 3.85. The molecule has 20 heavy (non-hydrogen) atoms. The number of benzene rings is 1. The van der Waals surface area contributed by atoms with Crippen molar-refractivity contribution in [2.75, 3.05) is 26.7 Å². The van der Waals surface area contributed by atoms with Crippen LogP contribution in [0.2, 0.25) is 0 Å². The van der Waals surface area contributed by atoms with Crippen LogP contribution in [0.1, 0.15) is 12.5 Å². The molecule has 0 saturated carbocycles. The first-order valence-electron chi connectivity index (χ1n) is 6.55. The number of sulfonamides is 1. The van der Waals surface area contributed by atoms with E-state index in [9.17, 15) is 12.8 Å². The molecule has 0 spiro atoms. The van der Waals surface area contributed by atoms with E-state index in [0.717, 1.165) is 6.07 Å². The van der Waals surface area contributed by atoms with E-state index in [0.29, 0.717) is 25.2 Å². The summed E-state index contributed by atoms with van der Waals surface area (Å²) in [7, 11) is -1.74. The van der Waals surface area contributed by atoms with Gasteiger partial charge in [0.15, 0.2) is 0 Å². The van der Waals surface area contributed by atoms with Gasteiger partial charge in [-0.2, -0.15) is 4.31 Å². The predicted molar refractivity (Wildman–Crippen MR) is 75.1 cm³/mol. The van der Waals surface area contributed by atoms with Crippen molar-refractivity contribution in [2.45, 2.75) is 24.4 Å². The number of halogens is 1. The molecule has 5 nitrogen and oxygen atoms in total. The molecule has 2 rings (SSSR count). The van der Waals surface area contributed by atoms with Crippen LogP contribution in [0.5, 0.6) is 0 Å². The second-order valence-electron chi connectivity index (χ2n) is 5.15. The van der Waals surface area contributed by atoms with Crippen LogP contribution in [0.25, 0.3) is 0 Å². The lowest BCUT2D eigenvalue weighted by Crippen LogP contribution is -2.52. The Balaban J connectivity index is 2.38. The molecule has 1 atom stereocenters. The molecule has 1 aromatic carbocycles. The van der Waals surface area contributed by atoms with E-state index in [1.165, 1.54) is 16.4 Å². The predicted octanol–water partition coefficient (Wildman–Crippen LogP) is 0.609. The third kappa shape index (κ3) is 2.85. The summed E-state index contributed by atoms with van der Waals surface area (Å²) in [5.41, 5.74) is 6.01. The minimum absolute atomic E-state index is 0.0169. The highest BCUT2D eigenvalue weighted by Gasteiger charge is 2.32. The molecule has 1 aliphatic heterocycles. The summed E-state index contributed by atoms with van der Waals surface area (Å²) in [5, 5.41) is 0. The van der Waals surface area contributed by atoms with E-state index in [1.54, 1.807) is 0 Å². The van der Waals surface area contributed by atoms with Gasteiger partial charge in [-0.25, -0.2) is 12.8 Å². The molecule has 1 aromatic rings. The van der Waals surface area contributed by atoms with Gasteiger partial charge in [0.1, 0.15) is 5.82 Å². The van der Waals surface area contributed by atoms with Crippen molar-refractivity contribution in [3.8, 4) is 0 Å². The Morgan fingerprint density at radius 1 is 1.40 bits per heavy atom. The van der Waals surface area contributed by atoms with Crippen molar-refractivity contribution in [1.29, 1.82) is 0 Å². The van der Waals surface area contributed by atoms with Crippen molar-refractivity contribution >= 4 is 10.0 Å². The largest absolute Gasteiger partial charge is 0.326 e. The van der Waals surface area contributed by atoms with Crippen LogP contribution in [0.15, 0.2) is 23.1 Å². The quantitative estimate of drug-likeness (QED) is 0.888. The summed E-state index contributed by atoms with van der Waals surface area (Å²) in [5.74, 6) is -0.567. The average Bonchev–Trinajstić information content (AvgIpc) is 2.41. The van der Waals surface area contributed by atoms with Gasteiger partial charge in [0.05, 0.1) is 4.90 Å². The van der Waals surface area contributed by atoms with Gasteiger partial charge in [-0.1, -0.05) is 6.07 Å². The Morgan fingerprint density at radius 2 is 2.10 bits per heavy atom. The molecule has 0 aliphatic carbocycles. The van der Waals surface area contributed by atoms with Crippen LogP contribution in [0, 0.1) is 5.82 Å². The lowest BCUT2D eigenvalue weighted by atomic mass is 10.2. The van der Waals surface area contributed by atoms with Gasteiger partial charge in [0.2, 0.25) is 10.0 Å². The fraction of sp³-hybridized carbons (Fsp3) is 0.538. The molecule has 0 radical (unpaired) electrons. The molecule has 2 N–H and O–H groups in total. The first-order chi connectivity index (χ1) is 9.36. The van der Waals surface area contributed by atoms with Crippen molar-refractivity contribution < 1.29 is 12.8 Å². The lowest BCUT2D eigenvalue weighted by molar-refractivity contribution is 0.159. The normalized spacial score (nSPS) is 22.1. The van der Waals surface area contributed by atoms with E-state index in [4.69, 9.17) is 5.73 Å². The van der Waals surface area contributed by atoms with Gasteiger partial charge >= 0.3 is 0 Å². The maximum atomic E-state index is 13.4. The third-order valence-corrected chi connectivity index (χ3v) is 5.74. The number of piperazine rings is 1. The molecule has 0 bridgehead atoms. The molecule has 112 valence electrons. The Bertz CT molecular complexity index is 591. The summed E-state index contributed by atoms with van der Waals surface area (Å²) < 4.78 is 40.1. The minimum atomic E-state index is -3.70. The number of likely N-dealkylation sites (N-methyl/N-ethyl adjacent to an activating group) is 1. The Labute approximate surface area is 119 Å². The Kier molecular flexibility index (Phi) is 4.43. The van der Waals surface area contributed by atoms with E-state index < -0.39 is 15.8 Å². The molecule has 1 aliphatic rings. The number of hydrogen-bond acceptors (Lipinski definition) is 4. The molecule has 7 heteroatoms. The second-order valence-corrected chi connectivity index (χ2v) is 7.06. The van der Waals surface area contributed by atoms with Crippen LogP contribution in [0.4, 0.5) is 4.39 Å². The summed E-state index contributed by atoms with van der Waals surface area (Å²) >= 11 is 0. The van der Waals surface area contributed by atoms with Crippen LogP contribution >= 0.6 is 0 Å². The summed E-state index contributed by atoms with van der Waals surface area (Å²) in [6.07, 6.45) is 0. The van der Waals surface area contributed by atoms with Crippen molar-refractivity contribution in [3.63, 3.8) is 0 Å². The molecule has 1 fully saturated rings. The van der Waals surface area contributed by atoms with Crippen LogP contribution in [-0.2, 0) is 16.6 Å². The van der Waals surface area contributed by atoms with E-state index in [-0.39, 0.29) is 17.5 Å². The van der Waals surface area contributed by atoms with E-state index >= 15 is 0 Å². The van der Waals surface area contributed by atoms with E-state index in [2.05, 4.69) is 4.90 Å². The highest BCUT2D eigenvalue weighted by atomic mass is 32.2. The molecule has 1 unspecified atom stereocenters. The van der Waals surface area contributed by atoms with Gasteiger partial charge in [-0.05, 0) is 31.7 Å². The van der Waals surface area contributed by atoms with Crippen LogP contribution in [-0.4, -0.2) is 50.3 Å². The van der Waals surface area contributed by atoms with Gasteiger partial charge in [-0.3, -0.25) is 0 Å². The monoisotopic (exact) mass is 301 g/mol. The third-order valence-electron chi connectivity index (χ3n) is 3.79. The number of nitrogens with two attached hydrogens (primary N) is 1. The summed E-state index contributed by atoms with van der Waals surface area (Å²) in [4.78, 5) is 2.08.